The molecule has 1 aliphatic heterocycles. The Balaban J connectivity index is 1.27. The SMILES string of the molecule is O=C(CCCN1CCC(O)(c2ccc(-c3ccc(Cl)cc3)cc2)CC1)c1ccc(F)cc1. The van der Waals surface area contributed by atoms with Crippen LogP contribution in [0.2, 0.25) is 5.02 Å². The molecule has 4 rings (SSSR count). The van der Waals surface area contributed by atoms with E-state index in [1.807, 2.05) is 48.5 Å². The van der Waals surface area contributed by atoms with Crippen molar-refractivity contribution in [2.75, 3.05) is 19.6 Å². The summed E-state index contributed by atoms with van der Waals surface area (Å²) >= 11 is 5.97. The fourth-order valence-corrected chi connectivity index (χ4v) is 4.42. The Bertz CT molecular complexity index is 1040. The van der Waals surface area contributed by atoms with Crippen LogP contribution in [0.4, 0.5) is 4.39 Å². The Kier molecular flexibility index (Phi) is 7.04. The smallest absolute Gasteiger partial charge is 0.162 e. The van der Waals surface area contributed by atoms with Crippen LogP contribution in [0.25, 0.3) is 11.1 Å². The van der Waals surface area contributed by atoms with Crippen molar-refractivity contribution in [1.29, 1.82) is 0 Å². The summed E-state index contributed by atoms with van der Waals surface area (Å²) in [4.78, 5) is 14.5. The first-order valence-corrected chi connectivity index (χ1v) is 11.4. The van der Waals surface area contributed by atoms with Gasteiger partial charge in [-0.15, -0.1) is 0 Å². The van der Waals surface area contributed by atoms with Crippen molar-refractivity contribution in [3.63, 3.8) is 0 Å². The number of ketones is 1. The Morgan fingerprint density at radius 3 is 2.06 bits per heavy atom. The van der Waals surface area contributed by atoms with Crippen molar-refractivity contribution < 1.29 is 14.3 Å². The minimum atomic E-state index is -0.820. The molecule has 5 heteroatoms. The van der Waals surface area contributed by atoms with Crippen molar-refractivity contribution in [1.82, 2.24) is 4.90 Å². The second kappa shape index (κ2) is 9.95. The molecule has 3 nitrogen and oxygen atoms in total. The highest BCUT2D eigenvalue weighted by Crippen LogP contribution is 2.34. The lowest BCUT2D eigenvalue weighted by molar-refractivity contribution is -0.0260. The molecule has 1 N–H and O–H groups in total. The standard InChI is InChI=1S/C27H27ClFNO2/c28-24-11-5-21(6-12-24)20-3-9-23(10-4-20)27(32)15-18-30(19-16-27)17-1-2-26(31)22-7-13-25(29)14-8-22/h3-14,32H,1-2,15-19H2. The number of benzene rings is 3. The number of likely N-dealkylation sites (tertiary alicyclic amines) is 1. The Morgan fingerprint density at radius 2 is 1.47 bits per heavy atom. The van der Waals surface area contributed by atoms with Crippen LogP contribution in [0.3, 0.4) is 0 Å². The van der Waals surface area contributed by atoms with Gasteiger partial charge in [0, 0.05) is 30.1 Å². The number of nitrogens with zero attached hydrogens (tertiary/aromatic N) is 1. The van der Waals surface area contributed by atoms with E-state index >= 15 is 0 Å². The first-order chi connectivity index (χ1) is 15.4. The predicted octanol–water partition coefficient (Wildman–Crippen LogP) is 6.09. The first-order valence-electron chi connectivity index (χ1n) is 11.0. The van der Waals surface area contributed by atoms with E-state index in [4.69, 9.17) is 11.6 Å². The van der Waals surface area contributed by atoms with Crippen molar-refractivity contribution in [2.24, 2.45) is 0 Å². The highest BCUT2D eigenvalue weighted by atomic mass is 35.5. The zero-order chi connectivity index (χ0) is 22.6. The monoisotopic (exact) mass is 451 g/mol. The normalized spacial score (nSPS) is 16.1. The molecule has 3 aromatic rings. The average Bonchev–Trinajstić information content (AvgIpc) is 2.81. The van der Waals surface area contributed by atoms with Gasteiger partial charge in [-0.3, -0.25) is 4.79 Å². The summed E-state index contributed by atoms with van der Waals surface area (Å²) in [5, 5.41) is 11.9. The molecule has 3 aromatic carbocycles. The maximum absolute atomic E-state index is 13.0. The summed E-state index contributed by atoms with van der Waals surface area (Å²) in [6.07, 6.45) is 2.53. The van der Waals surface area contributed by atoms with Crippen LogP contribution in [-0.2, 0) is 5.60 Å². The molecule has 32 heavy (non-hydrogen) atoms. The fourth-order valence-electron chi connectivity index (χ4n) is 4.29. The molecular formula is C27H27ClFNO2. The molecule has 1 fully saturated rings. The fraction of sp³-hybridized carbons (Fsp3) is 0.296. The molecule has 0 atom stereocenters. The number of rotatable bonds is 7. The summed E-state index contributed by atoms with van der Waals surface area (Å²) in [7, 11) is 0. The average molecular weight is 452 g/mol. The summed E-state index contributed by atoms with van der Waals surface area (Å²) < 4.78 is 13.0. The Labute approximate surface area is 193 Å². The van der Waals surface area contributed by atoms with Gasteiger partial charge in [0.2, 0.25) is 0 Å². The molecule has 0 aromatic heterocycles. The number of hydrogen-bond acceptors (Lipinski definition) is 3. The van der Waals surface area contributed by atoms with Gasteiger partial charge < -0.3 is 10.0 Å². The number of piperidine rings is 1. The lowest BCUT2D eigenvalue weighted by Crippen LogP contribution is -2.42. The van der Waals surface area contributed by atoms with Gasteiger partial charge in [0.05, 0.1) is 5.60 Å². The number of carbonyl (C=O) groups excluding carboxylic acids is 1. The quantitative estimate of drug-likeness (QED) is 0.442. The van der Waals surface area contributed by atoms with Gasteiger partial charge in [-0.1, -0.05) is 48.0 Å². The molecule has 1 saturated heterocycles. The molecule has 1 aliphatic rings. The predicted molar refractivity (Wildman–Crippen MR) is 126 cm³/mol. The maximum Gasteiger partial charge on any atom is 0.162 e. The summed E-state index contributed by atoms with van der Waals surface area (Å²) in [5.74, 6) is -0.290. The van der Waals surface area contributed by atoms with Gasteiger partial charge in [-0.2, -0.15) is 0 Å². The summed E-state index contributed by atoms with van der Waals surface area (Å²) in [6, 6.07) is 21.6. The molecule has 0 amide bonds. The highest BCUT2D eigenvalue weighted by molar-refractivity contribution is 6.30. The molecule has 1 heterocycles. The van der Waals surface area contributed by atoms with Gasteiger partial charge in [0.1, 0.15) is 5.82 Å². The molecule has 0 spiro atoms. The van der Waals surface area contributed by atoms with E-state index in [1.165, 1.54) is 24.3 Å². The molecule has 0 radical (unpaired) electrons. The molecule has 166 valence electrons. The molecular weight excluding hydrogens is 425 g/mol. The van der Waals surface area contributed by atoms with Crippen LogP contribution in [0, 0.1) is 5.82 Å². The van der Waals surface area contributed by atoms with Gasteiger partial charge in [0.25, 0.3) is 0 Å². The molecule has 0 aliphatic carbocycles. The number of Topliss-reactive ketones (excluding diaryl/α,β-unsaturated/α-hetero) is 1. The van der Waals surface area contributed by atoms with Crippen LogP contribution in [0.15, 0.2) is 72.8 Å². The van der Waals surface area contributed by atoms with E-state index in [2.05, 4.69) is 4.90 Å². The Hall–Kier alpha value is -2.53. The summed E-state index contributed by atoms with van der Waals surface area (Å²) in [6.45, 7) is 2.40. The van der Waals surface area contributed by atoms with E-state index in [0.717, 1.165) is 42.7 Å². The molecule has 0 saturated carbocycles. The van der Waals surface area contributed by atoms with Gasteiger partial charge >= 0.3 is 0 Å². The van der Waals surface area contributed by atoms with Crippen LogP contribution in [0.1, 0.15) is 41.6 Å². The van der Waals surface area contributed by atoms with E-state index in [1.54, 1.807) is 0 Å². The topological polar surface area (TPSA) is 40.5 Å². The second-order valence-electron chi connectivity index (χ2n) is 8.49. The second-order valence-corrected chi connectivity index (χ2v) is 8.93. The van der Waals surface area contributed by atoms with E-state index in [-0.39, 0.29) is 11.6 Å². The van der Waals surface area contributed by atoms with Crippen LogP contribution < -0.4 is 0 Å². The zero-order valence-corrected chi connectivity index (χ0v) is 18.7. The lowest BCUT2D eigenvalue weighted by Gasteiger charge is -2.38. The number of halogens is 2. The maximum atomic E-state index is 13.0. The van der Waals surface area contributed by atoms with Gasteiger partial charge in [-0.05, 0) is 78.9 Å². The highest BCUT2D eigenvalue weighted by Gasteiger charge is 2.33. The van der Waals surface area contributed by atoms with Crippen molar-refractivity contribution >= 4 is 17.4 Å². The van der Waals surface area contributed by atoms with Crippen LogP contribution >= 0.6 is 11.6 Å². The number of aliphatic hydroxyl groups is 1. The zero-order valence-electron chi connectivity index (χ0n) is 17.9. The van der Waals surface area contributed by atoms with E-state index in [0.29, 0.717) is 29.8 Å². The minimum Gasteiger partial charge on any atom is -0.385 e. The third-order valence-corrected chi connectivity index (χ3v) is 6.58. The first kappa shape index (κ1) is 22.7. The van der Waals surface area contributed by atoms with E-state index < -0.39 is 5.60 Å². The number of carbonyl (C=O) groups is 1. The molecule has 0 bridgehead atoms. The lowest BCUT2D eigenvalue weighted by atomic mass is 9.83. The van der Waals surface area contributed by atoms with Gasteiger partial charge in [-0.25, -0.2) is 4.39 Å². The third-order valence-electron chi connectivity index (χ3n) is 6.33. The minimum absolute atomic E-state index is 0.0410. The van der Waals surface area contributed by atoms with Gasteiger partial charge in [0.15, 0.2) is 5.78 Å². The number of hydrogen-bond donors (Lipinski definition) is 1. The van der Waals surface area contributed by atoms with Crippen LogP contribution in [0.5, 0.6) is 0 Å². The van der Waals surface area contributed by atoms with Crippen molar-refractivity contribution in [3.05, 3.63) is 94.8 Å². The molecule has 0 unspecified atom stereocenters. The largest absolute Gasteiger partial charge is 0.385 e. The van der Waals surface area contributed by atoms with E-state index in [9.17, 15) is 14.3 Å². The Morgan fingerprint density at radius 1 is 0.906 bits per heavy atom. The van der Waals surface area contributed by atoms with Crippen LogP contribution in [-0.4, -0.2) is 35.4 Å². The van der Waals surface area contributed by atoms with Crippen molar-refractivity contribution in [3.8, 4) is 11.1 Å². The van der Waals surface area contributed by atoms with Crippen molar-refractivity contribution in [2.45, 2.75) is 31.3 Å². The summed E-state index contributed by atoms with van der Waals surface area (Å²) in [5.41, 5.74) is 2.87. The third kappa shape index (κ3) is 5.44.